The predicted molar refractivity (Wildman–Crippen MR) is 100 cm³/mol. The number of alkyl halides is 2. The minimum absolute atomic E-state index is 0.0140. The quantitative estimate of drug-likeness (QED) is 0.338. The Labute approximate surface area is 163 Å². The van der Waals surface area contributed by atoms with Gasteiger partial charge in [0.15, 0.2) is 5.96 Å². The van der Waals surface area contributed by atoms with Crippen LogP contribution in [0.25, 0.3) is 0 Å². The summed E-state index contributed by atoms with van der Waals surface area (Å²) in [4.78, 5) is 4.26. The zero-order valence-electron chi connectivity index (χ0n) is 16.1. The third kappa shape index (κ3) is 7.93. The van der Waals surface area contributed by atoms with Crippen molar-refractivity contribution < 1.29 is 27.4 Å². The Morgan fingerprint density at radius 2 is 2.21 bits per heavy atom. The van der Waals surface area contributed by atoms with E-state index in [1.165, 1.54) is 18.2 Å². The van der Waals surface area contributed by atoms with Crippen molar-refractivity contribution in [1.82, 2.24) is 10.6 Å². The topological polar surface area (TPSA) is 64.1 Å². The summed E-state index contributed by atoms with van der Waals surface area (Å²) in [6, 6.07) is 3.81. The minimum Gasteiger partial charge on any atom is -0.434 e. The Morgan fingerprint density at radius 1 is 1.36 bits per heavy atom. The molecule has 0 aromatic heterocycles. The van der Waals surface area contributed by atoms with Crippen molar-refractivity contribution in [3.05, 3.63) is 29.6 Å². The normalized spacial score (nSPS) is 17.2. The Hall–Kier alpha value is -2.00. The van der Waals surface area contributed by atoms with Gasteiger partial charge in [-0.25, -0.2) is 9.38 Å². The molecule has 1 unspecified atom stereocenters. The molecule has 28 heavy (non-hydrogen) atoms. The molecule has 6 nitrogen and oxygen atoms in total. The highest BCUT2D eigenvalue weighted by molar-refractivity contribution is 5.79. The molecule has 2 N–H and O–H groups in total. The summed E-state index contributed by atoms with van der Waals surface area (Å²) >= 11 is 0. The highest BCUT2D eigenvalue weighted by Crippen LogP contribution is 2.24. The Kier molecular flexibility index (Phi) is 9.92. The molecule has 0 radical (unpaired) electrons. The standard InChI is InChI=1S/C19H28F3N3O3/c1-2-23-19(24-9-5-10-26-13-14-6-4-11-27-14)25-12-15-16(20)7-3-8-17(15)28-18(21)22/h3,7-8,14,18H,2,4-6,9-13H2,1H3,(H2,23,24,25). The molecule has 158 valence electrons. The van der Waals surface area contributed by atoms with Crippen LogP contribution in [0.4, 0.5) is 13.2 Å². The van der Waals surface area contributed by atoms with E-state index in [0.717, 1.165) is 25.9 Å². The maximum atomic E-state index is 14.0. The molecule has 1 heterocycles. The van der Waals surface area contributed by atoms with Crippen molar-refractivity contribution in [2.75, 3.05) is 32.9 Å². The summed E-state index contributed by atoms with van der Waals surface area (Å²) in [5.41, 5.74) is -0.0140. The molecule has 0 spiro atoms. The Bertz CT molecular complexity index is 611. The van der Waals surface area contributed by atoms with Crippen molar-refractivity contribution in [2.45, 2.75) is 45.4 Å². The third-order valence-electron chi connectivity index (χ3n) is 4.12. The van der Waals surface area contributed by atoms with Crippen LogP contribution in [0.15, 0.2) is 23.2 Å². The average molecular weight is 403 g/mol. The van der Waals surface area contributed by atoms with Crippen molar-refractivity contribution in [3.8, 4) is 5.75 Å². The zero-order chi connectivity index (χ0) is 20.2. The number of benzene rings is 1. The van der Waals surface area contributed by atoms with Gasteiger partial charge in [-0.1, -0.05) is 6.07 Å². The first-order chi connectivity index (χ1) is 13.6. The average Bonchev–Trinajstić information content (AvgIpc) is 3.17. The van der Waals surface area contributed by atoms with Gasteiger partial charge in [0.2, 0.25) is 0 Å². The fourth-order valence-corrected chi connectivity index (χ4v) is 2.77. The van der Waals surface area contributed by atoms with E-state index < -0.39 is 12.4 Å². The van der Waals surface area contributed by atoms with Gasteiger partial charge in [-0.3, -0.25) is 0 Å². The molecule has 0 amide bonds. The van der Waals surface area contributed by atoms with E-state index in [1.54, 1.807) is 0 Å². The number of hydrogen-bond acceptors (Lipinski definition) is 4. The second kappa shape index (κ2) is 12.5. The van der Waals surface area contributed by atoms with Gasteiger partial charge in [-0.05, 0) is 38.3 Å². The Balaban J connectivity index is 1.79. The van der Waals surface area contributed by atoms with Crippen LogP contribution < -0.4 is 15.4 Å². The van der Waals surface area contributed by atoms with Crippen molar-refractivity contribution in [1.29, 1.82) is 0 Å². The van der Waals surface area contributed by atoms with Crippen LogP contribution in [-0.2, 0) is 16.0 Å². The van der Waals surface area contributed by atoms with Crippen molar-refractivity contribution in [3.63, 3.8) is 0 Å². The number of aliphatic imine (C=N–C) groups is 1. The molecule has 1 aliphatic heterocycles. The monoisotopic (exact) mass is 403 g/mol. The minimum atomic E-state index is -3.02. The van der Waals surface area contributed by atoms with Gasteiger partial charge in [0.05, 0.1) is 24.8 Å². The molecule has 1 aliphatic rings. The fourth-order valence-electron chi connectivity index (χ4n) is 2.77. The lowest BCUT2D eigenvalue weighted by Crippen LogP contribution is -2.38. The molecule has 1 saturated heterocycles. The highest BCUT2D eigenvalue weighted by atomic mass is 19.3. The maximum absolute atomic E-state index is 14.0. The SMILES string of the molecule is CCNC(=NCc1c(F)cccc1OC(F)F)NCCCOCC1CCCO1. The second-order valence-electron chi connectivity index (χ2n) is 6.28. The molecule has 0 saturated carbocycles. The van der Waals surface area contributed by atoms with Crippen molar-refractivity contribution in [2.24, 2.45) is 4.99 Å². The molecular formula is C19H28F3N3O3. The van der Waals surface area contributed by atoms with E-state index in [9.17, 15) is 13.2 Å². The van der Waals surface area contributed by atoms with E-state index in [0.29, 0.717) is 32.3 Å². The van der Waals surface area contributed by atoms with Gasteiger partial charge >= 0.3 is 6.61 Å². The fraction of sp³-hybridized carbons (Fsp3) is 0.632. The van der Waals surface area contributed by atoms with Gasteiger partial charge in [0.25, 0.3) is 0 Å². The van der Waals surface area contributed by atoms with Crippen molar-refractivity contribution >= 4 is 5.96 Å². The van der Waals surface area contributed by atoms with E-state index in [4.69, 9.17) is 9.47 Å². The summed E-state index contributed by atoms with van der Waals surface area (Å²) in [5.74, 6) is -0.384. The zero-order valence-corrected chi connectivity index (χ0v) is 16.1. The predicted octanol–water partition coefficient (Wildman–Crippen LogP) is 3.07. The molecule has 9 heteroatoms. The highest BCUT2D eigenvalue weighted by Gasteiger charge is 2.15. The summed E-state index contributed by atoms with van der Waals surface area (Å²) in [5, 5.41) is 6.15. The maximum Gasteiger partial charge on any atom is 0.387 e. The van der Waals surface area contributed by atoms with Crippen LogP contribution in [0.5, 0.6) is 5.75 Å². The van der Waals surface area contributed by atoms with E-state index in [1.807, 2.05) is 6.92 Å². The largest absolute Gasteiger partial charge is 0.434 e. The number of halogens is 3. The number of nitrogens with zero attached hydrogens (tertiary/aromatic N) is 1. The molecular weight excluding hydrogens is 375 g/mol. The van der Waals surface area contributed by atoms with Crippen LogP contribution in [0.2, 0.25) is 0 Å². The smallest absolute Gasteiger partial charge is 0.387 e. The number of rotatable bonds is 11. The number of nitrogens with one attached hydrogen (secondary N) is 2. The second-order valence-corrected chi connectivity index (χ2v) is 6.28. The summed E-state index contributed by atoms with van der Waals surface area (Å²) < 4.78 is 54.4. The summed E-state index contributed by atoms with van der Waals surface area (Å²) in [7, 11) is 0. The molecule has 0 aliphatic carbocycles. The lowest BCUT2D eigenvalue weighted by atomic mass is 10.2. The number of ether oxygens (including phenoxy) is 3. The first-order valence-electron chi connectivity index (χ1n) is 9.54. The first-order valence-corrected chi connectivity index (χ1v) is 9.54. The number of hydrogen-bond donors (Lipinski definition) is 2. The van der Waals surface area contributed by atoms with Crippen LogP contribution >= 0.6 is 0 Å². The first kappa shape index (κ1) is 22.3. The summed E-state index contributed by atoms with van der Waals surface area (Å²) in [6.45, 7) is 1.97. The van der Waals surface area contributed by atoms with Gasteiger partial charge in [-0.2, -0.15) is 8.78 Å². The summed E-state index contributed by atoms with van der Waals surface area (Å²) in [6.07, 6.45) is 3.10. The lowest BCUT2D eigenvalue weighted by molar-refractivity contribution is -0.0506. The third-order valence-corrected chi connectivity index (χ3v) is 4.12. The van der Waals surface area contributed by atoms with Gasteiger partial charge < -0.3 is 24.8 Å². The molecule has 0 bridgehead atoms. The van der Waals surface area contributed by atoms with Crippen LogP contribution in [-0.4, -0.2) is 51.6 Å². The molecule has 1 aromatic rings. The van der Waals surface area contributed by atoms with Crippen LogP contribution in [0, 0.1) is 5.82 Å². The molecule has 1 fully saturated rings. The van der Waals surface area contributed by atoms with Gasteiger partial charge in [0.1, 0.15) is 11.6 Å². The molecule has 1 aromatic carbocycles. The van der Waals surface area contributed by atoms with E-state index in [2.05, 4.69) is 20.4 Å². The van der Waals surface area contributed by atoms with E-state index >= 15 is 0 Å². The van der Waals surface area contributed by atoms with Gasteiger partial charge in [-0.15, -0.1) is 0 Å². The molecule has 1 atom stereocenters. The lowest BCUT2D eigenvalue weighted by Gasteiger charge is -2.14. The van der Waals surface area contributed by atoms with Crippen LogP contribution in [0.1, 0.15) is 31.7 Å². The number of guanidine groups is 1. The van der Waals surface area contributed by atoms with Crippen LogP contribution in [0.3, 0.4) is 0 Å². The molecule has 2 rings (SSSR count). The van der Waals surface area contributed by atoms with Gasteiger partial charge in [0, 0.05) is 26.3 Å². The Morgan fingerprint density at radius 3 is 2.93 bits per heavy atom. The van der Waals surface area contributed by atoms with E-state index in [-0.39, 0.29) is 24.0 Å².